The van der Waals surface area contributed by atoms with Crippen molar-refractivity contribution in [1.82, 2.24) is 0 Å². The minimum atomic E-state index is -0.422. The van der Waals surface area contributed by atoms with E-state index in [9.17, 15) is 9.18 Å². The molecule has 7 heteroatoms. The first-order valence-electron chi connectivity index (χ1n) is 8.73. The van der Waals surface area contributed by atoms with E-state index in [-0.39, 0.29) is 17.4 Å². The van der Waals surface area contributed by atoms with Crippen molar-refractivity contribution in [3.8, 4) is 0 Å². The largest absolute Gasteiger partial charge is 0.462 e. The van der Waals surface area contributed by atoms with Gasteiger partial charge in [0.2, 0.25) is 0 Å². The normalized spacial score (nSPS) is 10.4. The van der Waals surface area contributed by atoms with Gasteiger partial charge in [0.25, 0.3) is 0 Å². The van der Waals surface area contributed by atoms with Gasteiger partial charge < -0.3 is 15.4 Å². The third-order valence-corrected chi connectivity index (χ3v) is 5.10. The average molecular weight is 415 g/mol. The number of carbonyl (C=O) groups excluding carboxylic acids is 1. The molecule has 0 saturated carbocycles. The molecule has 3 rings (SSSR count). The Bertz CT molecular complexity index is 974. The summed E-state index contributed by atoms with van der Waals surface area (Å²) in [4.78, 5) is 13.3. The summed E-state index contributed by atoms with van der Waals surface area (Å²) >= 11 is 6.71. The maximum Gasteiger partial charge on any atom is 0.341 e. The Morgan fingerprint density at radius 1 is 1.11 bits per heavy atom. The molecule has 0 spiro atoms. The van der Waals surface area contributed by atoms with Crippen LogP contribution >= 0.6 is 23.6 Å². The van der Waals surface area contributed by atoms with Gasteiger partial charge in [-0.15, -0.1) is 11.3 Å². The summed E-state index contributed by atoms with van der Waals surface area (Å²) in [7, 11) is 0. The highest BCUT2D eigenvalue weighted by Gasteiger charge is 2.18. The highest BCUT2D eigenvalue weighted by molar-refractivity contribution is 7.80. The zero-order valence-corrected chi connectivity index (χ0v) is 16.8. The molecule has 0 bridgehead atoms. The molecule has 3 aromatic rings. The number of rotatable bonds is 6. The predicted octanol–water partition coefficient (Wildman–Crippen LogP) is 5.46. The quantitative estimate of drug-likeness (QED) is 0.414. The summed E-state index contributed by atoms with van der Waals surface area (Å²) in [6.07, 6.45) is 0.688. The number of anilines is 2. The molecule has 4 nitrogen and oxygen atoms in total. The number of esters is 1. The number of hydrogen-bond acceptors (Lipinski definition) is 4. The Hall–Kier alpha value is -2.77. The first kappa shape index (κ1) is 20.0. The molecule has 0 fully saturated rings. The fraction of sp³-hybridized carbons (Fsp3) is 0.143. The Kier molecular flexibility index (Phi) is 6.73. The summed E-state index contributed by atoms with van der Waals surface area (Å²) in [5.74, 6) is -0.831. The van der Waals surface area contributed by atoms with Crippen LogP contribution in [0.25, 0.3) is 0 Å². The van der Waals surface area contributed by atoms with Crippen molar-refractivity contribution in [3.05, 3.63) is 82.5 Å². The van der Waals surface area contributed by atoms with Crippen LogP contribution in [0.15, 0.2) is 60.7 Å². The maximum absolute atomic E-state index is 13.8. The van der Waals surface area contributed by atoms with E-state index in [4.69, 9.17) is 17.0 Å². The molecule has 0 radical (unpaired) electrons. The minimum Gasteiger partial charge on any atom is -0.462 e. The fourth-order valence-electron chi connectivity index (χ4n) is 2.60. The summed E-state index contributed by atoms with van der Waals surface area (Å²) in [6.45, 7) is 2.03. The lowest BCUT2D eigenvalue weighted by Gasteiger charge is -2.11. The Balaban J connectivity index is 1.80. The van der Waals surface area contributed by atoms with Crippen molar-refractivity contribution < 1.29 is 13.9 Å². The molecule has 0 aliphatic carbocycles. The van der Waals surface area contributed by atoms with Gasteiger partial charge in [0, 0.05) is 11.3 Å². The first-order chi connectivity index (χ1) is 13.6. The second-order valence-corrected chi connectivity index (χ2v) is 7.44. The number of benzene rings is 2. The third kappa shape index (κ3) is 5.15. The Morgan fingerprint density at radius 2 is 1.82 bits per heavy atom. The maximum atomic E-state index is 13.8. The van der Waals surface area contributed by atoms with E-state index in [2.05, 4.69) is 10.6 Å². The molecule has 1 heterocycles. The van der Waals surface area contributed by atoms with E-state index in [1.807, 2.05) is 36.4 Å². The summed E-state index contributed by atoms with van der Waals surface area (Å²) < 4.78 is 19.0. The van der Waals surface area contributed by atoms with Gasteiger partial charge in [-0.3, -0.25) is 0 Å². The second kappa shape index (κ2) is 9.43. The molecule has 2 N–H and O–H groups in total. The Morgan fingerprint density at radius 3 is 2.54 bits per heavy atom. The van der Waals surface area contributed by atoms with Crippen LogP contribution in [0.1, 0.15) is 27.7 Å². The topological polar surface area (TPSA) is 50.4 Å². The SMILES string of the molecule is CCOC(=O)c1cc(Cc2ccccc2)sc1NC(=S)Nc1ccccc1F. The molecule has 0 saturated heterocycles. The van der Waals surface area contributed by atoms with Gasteiger partial charge in [-0.25, -0.2) is 9.18 Å². The van der Waals surface area contributed by atoms with Crippen LogP contribution in [0.2, 0.25) is 0 Å². The molecule has 2 aromatic carbocycles. The van der Waals surface area contributed by atoms with Gasteiger partial charge in [-0.2, -0.15) is 0 Å². The minimum absolute atomic E-state index is 0.198. The van der Waals surface area contributed by atoms with Crippen molar-refractivity contribution in [1.29, 1.82) is 0 Å². The van der Waals surface area contributed by atoms with Crippen LogP contribution < -0.4 is 10.6 Å². The highest BCUT2D eigenvalue weighted by Crippen LogP contribution is 2.31. The van der Waals surface area contributed by atoms with E-state index < -0.39 is 11.8 Å². The second-order valence-electron chi connectivity index (χ2n) is 5.90. The summed E-state index contributed by atoms with van der Waals surface area (Å²) in [5.41, 5.74) is 1.81. The van der Waals surface area contributed by atoms with Crippen LogP contribution in [0.5, 0.6) is 0 Å². The lowest BCUT2D eigenvalue weighted by Crippen LogP contribution is -2.20. The number of thiophene rings is 1. The molecule has 28 heavy (non-hydrogen) atoms. The fourth-order valence-corrected chi connectivity index (χ4v) is 3.96. The number of ether oxygens (including phenoxy) is 1. The molecule has 0 aliphatic rings. The molecular formula is C21H19FN2O2S2. The number of hydrogen-bond donors (Lipinski definition) is 2. The number of thiocarbonyl (C=S) groups is 1. The molecule has 0 amide bonds. The van der Waals surface area contributed by atoms with Crippen LogP contribution in [-0.4, -0.2) is 17.7 Å². The molecule has 1 aromatic heterocycles. The van der Waals surface area contributed by atoms with Gasteiger partial charge in [-0.05, 0) is 42.9 Å². The lowest BCUT2D eigenvalue weighted by molar-refractivity contribution is 0.0528. The van der Waals surface area contributed by atoms with Crippen molar-refractivity contribution in [2.24, 2.45) is 0 Å². The predicted molar refractivity (Wildman–Crippen MR) is 116 cm³/mol. The highest BCUT2D eigenvalue weighted by atomic mass is 32.1. The average Bonchev–Trinajstić information content (AvgIpc) is 3.07. The van der Waals surface area contributed by atoms with Gasteiger partial charge in [0.1, 0.15) is 10.8 Å². The zero-order valence-electron chi connectivity index (χ0n) is 15.2. The van der Waals surface area contributed by atoms with Crippen LogP contribution in [0.4, 0.5) is 15.1 Å². The van der Waals surface area contributed by atoms with Gasteiger partial charge in [0.15, 0.2) is 5.11 Å². The smallest absolute Gasteiger partial charge is 0.341 e. The van der Waals surface area contributed by atoms with Crippen molar-refractivity contribution in [3.63, 3.8) is 0 Å². The summed E-state index contributed by atoms with van der Waals surface area (Å²) in [5, 5.41) is 6.58. The Labute approximate surface area is 172 Å². The van der Waals surface area contributed by atoms with Crippen LogP contribution in [0, 0.1) is 5.82 Å². The van der Waals surface area contributed by atoms with Crippen molar-refractivity contribution >= 4 is 45.3 Å². The van der Waals surface area contributed by atoms with E-state index >= 15 is 0 Å². The molecule has 0 aliphatic heterocycles. The number of halogens is 1. The molecule has 0 atom stereocenters. The lowest BCUT2D eigenvalue weighted by atomic mass is 10.1. The van der Waals surface area contributed by atoms with Gasteiger partial charge in [0.05, 0.1) is 17.9 Å². The molecule has 144 valence electrons. The van der Waals surface area contributed by atoms with Crippen LogP contribution in [0.3, 0.4) is 0 Å². The number of nitrogens with one attached hydrogen (secondary N) is 2. The summed E-state index contributed by atoms with van der Waals surface area (Å²) in [6, 6.07) is 18.0. The standard InChI is InChI=1S/C21H19FN2O2S2/c1-2-26-20(25)16-13-15(12-14-8-4-3-5-9-14)28-19(16)24-21(27)23-18-11-7-6-10-17(18)22/h3-11,13H,2,12H2,1H3,(H2,23,24,27). The molecule has 0 unspecified atom stereocenters. The van der Waals surface area contributed by atoms with E-state index in [1.165, 1.54) is 17.4 Å². The van der Waals surface area contributed by atoms with Crippen LogP contribution in [-0.2, 0) is 11.2 Å². The van der Waals surface area contributed by atoms with E-state index in [0.717, 1.165) is 10.4 Å². The van der Waals surface area contributed by atoms with Gasteiger partial charge in [-0.1, -0.05) is 42.5 Å². The monoisotopic (exact) mass is 414 g/mol. The van der Waals surface area contributed by atoms with Gasteiger partial charge >= 0.3 is 5.97 Å². The number of carbonyl (C=O) groups is 1. The van der Waals surface area contributed by atoms with E-state index in [0.29, 0.717) is 17.0 Å². The molecular weight excluding hydrogens is 395 g/mol. The first-order valence-corrected chi connectivity index (χ1v) is 9.95. The zero-order chi connectivity index (χ0) is 19.9. The third-order valence-electron chi connectivity index (χ3n) is 3.85. The van der Waals surface area contributed by atoms with Crippen molar-refractivity contribution in [2.45, 2.75) is 13.3 Å². The van der Waals surface area contributed by atoms with Crippen molar-refractivity contribution in [2.75, 3.05) is 17.2 Å². The number of para-hydroxylation sites is 1. The van der Waals surface area contributed by atoms with E-state index in [1.54, 1.807) is 25.1 Å².